The lowest BCUT2D eigenvalue weighted by Crippen LogP contribution is -2.47. The number of ether oxygens (including phenoxy) is 1. The number of aryl methyl sites for hydroxylation is 1. The first-order valence-electron chi connectivity index (χ1n) is 9.51. The number of hydrogen-bond acceptors (Lipinski definition) is 5. The minimum absolute atomic E-state index is 0.0391. The van der Waals surface area contributed by atoms with Gasteiger partial charge in [0.05, 0.1) is 0 Å². The first-order chi connectivity index (χ1) is 13.0. The average Bonchev–Trinajstić information content (AvgIpc) is 3.37. The summed E-state index contributed by atoms with van der Waals surface area (Å²) in [5.41, 5.74) is -0.0898. The molecule has 27 heavy (non-hydrogen) atoms. The van der Waals surface area contributed by atoms with Crippen LogP contribution in [0.2, 0.25) is 0 Å². The van der Waals surface area contributed by atoms with Gasteiger partial charge in [0.15, 0.2) is 12.4 Å². The van der Waals surface area contributed by atoms with Crippen molar-refractivity contribution < 1.29 is 18.4 Å². The monoisotopic (exact) mass is 373 g/mol. The molecule has 1 saturated carbocycles. The number of nitrogens with zero attached hydrogens (tertiary/aromatic N) is 3. The zero-order chi connectivity index (χ0) is 18.9. The molecule has 1 aliphatic carbocycles. The maximum Gasteiger partial charge on any atom is 0.260 e. The number of amides is 1. The quantitative estimate of drug-likeness (QED) is 0.777. The van der Waals surface area contributed by atoms with Crippen LogP contribution in [-0.2, 0) is 10.2 Å². The van der Waals surface area contributed by atoms with E-state index in [-0.39, 0.29) is 23.7 Å². The molecule has 1 amide bonds. The number of benzene rings is 1. The number of hydrogen-bond donors (Lipinski definition) is 0. The normalized spacial score (nSPS) is 19.1. The highest BCUT2D eigenvalue weighted by atomic mass is 19.1. The minimum atomic E-state index is -0.326. The number of aromatic nitrogens is 2. The van der Waals surface area contributed by atoms with Gasteiger partial charge in [-0.05, 0) is 49.4 Å². The van der Waals surface area contributed by atoms with Gasteiger partial charge in [-0.25, -0.2) is 4.39 Å². The van der Waals surface area contributed by atoms with Crippen LogP contribution in [0.4, 0.5) is 4.39 Å². The Balaban J connectivity index is 1.36. The fourth-order valence-corrected chi connectivity index (χ4v) is 3.86. The number of rotatable bonds is 6. The molecule has 2 aromatic rings. The summed E-state index contributed by atoms with van der Waals surface area (Å²) in [4.78, 5) is 18.8. The van der Waals surface area contributed by atoms with Gasteiger partial charge in [-0.15, -0.1) is 0 Å². The molecule has 7 heteroatoms. The van der Waals surface area contributed by atoms with Gasteiger partial charge < -0.3 is 14.2 Å². The topological polar surface area (TPSA) is 68.5 Å². The molecule has 2 aliphatic rings. The molecule has 2 heterocycles. The number of piperidine rings is 1. The number of likely N-dealkylation sites (tertiary alicyclic amines) is 1. The molecule has 1 saturated heterocycles. The maximum absolute atomic E-state index is 12.9. The lowest BCUT2D eigenvalue weighted by atomic mass is 9.73. The third-order valence-corrected chi connectivity index (χ3v) is 5.63. The molecule has 4 rings (SSSR count). The van der Waals surface area contributed by atoms with E-state index in [2.05, 4.69) is 10.1 Å². The fraction of sp³-hybridized carbons (Fsp3) is 0.550. The Kier molecular flexibility index (Phi) is 4.85. The van der Waals surface area contributed by atoms with E-state index >= 15 is 0 Å². The van der Waals surface area contributed by atoms with Gasteiger partial charge in [0.1, 0.15) is 11.6 Å². The predicted octanol–water partition coefficient (Wildman–Crippen LogP) is 3.26. The molecule has 0 N–H and O–H groups in total. The fourth-order valence-electron chi connectivity index (χ4n) is 3.86. The third kappa shape index (κ3) is 4.12. The molecule has 0 spiro atoms. The first-order valence-corrected chi connectivity index (χ1v) is 9.51. The molecule has 2 fully saturated rings. The largest absolute Gasteiger partial charge is 0.484 e. The van der Waals surface area contributed by atoms with Gasteiger partial charge in [-0.1, -0.05) is 18.0 Å². The van der Waals surface area contributed by atoms with Crippen LogP contribution >= 0.6 is 0 Å². The molecule has 0 unspecified atom stereocenters. The Morgan fingerprint density at radius 3 is 2.59 bits per heavy atom. The SMILES string of the molecule is Cc1nc(C2(CC3CC3)CCN(C(=O)COc3ccc(F)cc3)CC2)no1. The summed E-state index contributed by atoms with van der Waals surface area (Å²) in [5, 5.41) is 4.20. The van der Waals surface area contributed by atoms with E-state index in [0.717, 1.165) is 31.0 Å². The van der Waals surface area contributed by atoms with Crippen molar-refractivity contribution >= 4 is 5.91 Å². The molecule has 1 aliphatic heterocycles. The van der Waals surface area contributed by atoms with Crippen LogP contribution in [0.1, 0.15) is 43.8 Å². The van der Waals surface area contributed by atoms with Gasteiger partial charge in [-0.2, -0.15) is 4.98 Å². The zero-order valence-electron chi connectivity index (χ0n) is 15.5. The van der Waals surface area contributed by atoms with Gasteiger partial charge in [0, 0.05) is 25.4 Å². The van der Waals surface area contributed by atoms with Crippen molar-refractivity contribution in [1.82, 2.24) is 15.0 Å². The van der Waals surface area contributed by atoms with E-state index < -0.39 is 0 Å². The van der Waals surface area contributed by atoms with E-state index in [1.807, 2.05) is 11.8 Å². The molecule has 1 aromatic carbocycles. The van der Waals surface area contributed by atoms with E-state index in [0.29, 0.717) is 24.7 Å². The Bertz CT molecular complexity index is 793. The standard InChI is InChI=1S/C20H24FN3O3/c1-14-22-19(23-27-14)20(12-15-2-3-15)8-10-24(11-9-20)18(25)13-26-17-6-4-16(21)5-7-17/h4-7,15H,2-3,8-13H2,1H3. The lowest BCUT2D eigenvalue weighted by molar-refractivity contribution is -0.135. The number of carbonyl (C=O) groups excluding carboxylic acids is 1. The molecule has 144 valence electrons. The van der Waals surface area contributed by atoms with Crippen molar-refractivity contribution in [2.75, 3.05) is 19.7 Å². The first kappa shape index (κ1) is 17.9. The molecule has 0 atom stereocenters. The highest BCUT2D eigenvalue weighted by Crippen LogP contribution is 2.46. The van der Waals surface area contributed by atoms with Crippen LogP contribution in [0.5, 0.6) is 5.75 Å². The van der Waals surface area contributed by atoms with Crippen molar-refractivity contribution in [3.8, 4) is 5.75 Å². The molecular weight excluding hydrogens is 349 g/mol. The van der Waals surface area contributed by atoms with Crippen LogP contribution in [0, 0.1) is 18.7 Å². The summed E-state index contributed by atoms with van der Waals surface area (Å²) in [6, 6.07) is 5.69. The zero-order valence-corrected chi connectivity index (χ0v) is 15.5. The van der Waals surface area contributed by atoms with Crippen molar-refractivity contribution in [2.24, 2.45) is 5.92 Å². The van der Waals surface area contributed by atoms with Crippen molar-refractivity contribution in [3.05, 3.63) is 41.8 Å². The molecule has 6 nitrogen and oxygen atoms in total. The summed E-state index contributed by atoms with van der Waals surface area (Å²) in [6.45, 7) is 3.09. The van der Waals surface area contributed by atoms with Gasteiger partial charge in [0.2, 0.25) is 5.89 Å². The lowest BCUT2D eigenvalue weighted by Gasteiger charge is -2.40. The Morgan fingerprint density at radius 1 is 1.30 bits per heavy atom. The smallest absolute Gasteiger partial charge is 0.260 e. The number of carbonyl (C=O) groups is 1. The Labute approximate surface area is 157 Å². The van der Waals surface area contributed by atoms with Crippen molar-refractivity contribution in [2.45, 2.75) is 44.4 Å². The summed E-state index contributed by atoms with van der Waals surface area (Å²) in [5.74, 6) is 2.24. The Hall–Kier alpha value is -2.44. The van der Waals surface area contributed by atoms with Crippen LogP contribution in [0.25, 0.3) is 0 Å². The summed E-state index contributed by atoms with van der Waals surface area (Å²) in [7, 11) is 0. The van der Waals surface area contributed by atoms with Crippen molar-refractivity contribution in [1.29, 1.82) is 0 Å². The molecule has 1 aromatic heterocycles. The summed E-state index contributed by atoms with van der Waals surface area (Å²) >= 11 is 0. The summed E-state index contributed by atoms with van der Waals surface area (Å²) in [6.07, 6.45) is 5.29. The average molecular weight is 373 g/mol. The second kappa shape index (κ2) is 7.29. The summed E-state index contributed by atoms with van der Waals surface area (Å²) < 4.78 is 23.7. The van der Waals surface area contributed by atoms with Gasteiger partial charge in [-0.3, -0.25) is 4.79 Å². The van der Waals surface area contributed by atoms with E-state index in [4.69, 9.17) is 9.26 Å². The van der Waals surface area contributed by atoms with Crippen LogP contribution in [0.3, 0.4) is 0 Å². The second-order valence-electron chi connectivity index (χ2n) is 7.69. The second-order valence-corrected chi connectivity index (χ2v) is 7.69. The van der Waals surface area contributed by atoms with Crippen molar-refractivity contribution in [3.63, 3.8) is 0 Å². The van der Waals surface area contributed by atoms with E-state index in [9.17, 15) is 9.18 Å². The third-order valence-electron chi connectivity index (χ3n) is 5.63. The minimum Gasteiger partial charge on any atom is -0.484 e. The van der Waals surface area contributed by atoms with Gasteiger partial charge in [0.25, 0.3) is 5.91 Å². The van der Waals surface area contributed by atoms with E-state index in [1.54, 1.807) is 0 Å². The maximum atomic E-state index is 12.9. The molecule has 0 bridgehead atoms. The van der Waals surface area contributed by atoms with E-state index in [1.165, 1.54) is 37.1 Å². The molecular formula is C20H24FN3O3. The van der Waals surface area contributed by atoms with Crippen LogP contribution in [0.15, 0.2) is 28.8 Å². The van der Waals surface area contributed by atoms with Crippen LogP contribution in [-0.4, -0.2) is 40.6 Å². The van der Waals surface area contributed by atoms with Crippen LogP contribution < -0.4 is 4.74 Å². The highest BCUT2D eigenvalue weighted by Gasteiger charge is 2.44. The number of halogens is 1. The molecule has 0 radical (unpaired) electrons. The highest BCUT2D eigenvalue weighted by molar-refractivity contribution is 5.77. The van der Waals surface area contributed by atoms with Gasteiger partial charge >= 0.3 is 0 Å². The predicted molar refractivity (Wildman–Crippen MR) is 95.8 cm³/mol. The Morgan fingerprint density at radius 2 is 2.00 bits per heavy atom.